The van der Waals surface area contributed by atoms with Crippen LogP contribution in [0.1, 0.15) is 56.5 Å². The van der Waals surface area contributed by atoms with Crippen molar-refractivity contribution in [1.82, 2.24) is 25.1 Å². The molecule has 0 bridgehead atoms. The van der Waals surface area contributed by atoms with Crippen molar-refractivity contribution in [3.8, 4) is 40.5 Å². The van der Waals surface area contributed by atoms with Crippen molar-refractivity contribution in [3.63, 3.8) is 0 Å². The Labute approximate surface area is 406 Å². The Morgan fingerprint density at radius 3 is 1.99 bits per heavy atom. The quantitative estimate of drug-likeness (QED) is 0.0435. The Morgan fingerprint density at radius 2 is 1.35 bits per heavy atom. The molecule has 16 nitrogen and oxygen atoms in total. The Balaban J connectivity index is 1.13. The lowest BCUT2D eigenvalue weighted by Crippen LogP contribution is -2.39. The van der Waals surface area contributed by atoms with Gasteiger partial charge in [0.25, 0.3) is 0 Å². The molecular weight excluding hydrogens is 926 g/mol. The molecule has 5 N–H and O–H groups in total. The van der Waals surface area contributed by atoms with Crippen LogP contribution in [0.25, 0.3) is 22.0 Å². The smallest absolute Gasteiger partial charge is 0.323 e. The Morgan fingerprint density at radius 1 is 0.710 bits per heavy atom. The van der Waals surface area contributed by atoms with Crippen molar-refractivity contribution in [3.05, 3.63) is 164 Å². The van der Waals surface area contributed by atoms with Gasteiger partial charge in [0.1, 0.15) is 55.2 Å². The Kier molecular flexibility index (Phi) is 16.4. The third kappa shape index (κ3) is 12.1. The standard InChI is InChI=1S/C51H45Cl2N7O9/c1-30-37(29-69-49-15-48(68-28-34-11-32(17-55)19-57-21-34)35(12-44(49)53)8-9-36(25-61)50(63)64)4-2-5-40(30)41-6-3-7-46-42(41)23-59-60(46)24-39-14-47(67-27-33-10-31(16-54)18-56-20-33)38(13-43(39)52)22-58-45(26-62)51(65)66/h2-7,10-15,18-21,23,36,45,58,61-62H,8-9,22,24-29H2,1H3,(H,63,64)(H,65,66)/t36-,45-/m0/s1. The average Bonchev–Trinajstić information content (AvgIpc) is 3.77. The molecule has 0 amide bonds. The number of nitrogens with one attached hydrogen (secondary N) is 1. The second kappa shape index (κ2) is 23.0. The van der Waals surface area contributed by atoms with Gasteiger partial charge in [-0.05, 0) is 89.5 Å². The van der Waals surface area contributed by atoms with E-state index in [9.17, 15) is 40.5 Å². The van der Waals surface area contributed by atoms with Crippen molar-refractivity contribution < 1.29 is 44.2 Å². The van der Waals surface area contributed by atoms with Crippen LogP contribution in [0.2, 0.25) is 10.0 Å². The first kappa shape index (κ1) is 49.3. The third-order valence-corrected chi connectivity index (χ3v) is 12.1. The van der Waals surface area contributed by atoms with Crippen LogP contribution in [-0.4, -0.2) is 71.4 Å². The van der Waals surface area contributed by atoms with E-state index in [-0.39, 0.29) is 50.8 Å². The molecule has 0 aliphatic rings. The molecule has 3 heterocycles. The van der Waals surface area contributed by atoms with Crippen molar-refractivity contribution in [2.45, 2.75) is 58.7 Å². The highest BCUT2D eigenvalue weighted by atomic mass is 35.5. The number of fused-ring (bicyclic) bond motifs is 1. The number of aryl methyl sites for hydroxylation is 1. The number of carboxylic acids is 2. The first-order chi connectivity index (χ1) is 33.4. The number of nitrogens with zero attached hydrogens (tertiary/aromatic N) is 6. The summed E-state index contributed by atoms with van der Waals surface area (Å²) < 4.78 is 20.6. The van der Waals surface area contributed by atoms with Gasteiger partial charge in [-0.15, -0.1) is 0 Å². The van der Waals surface area contributed by atoms with Gasteiger partial charge in [-0.2, -0.15) is 15.6 Å². The summed E-state index contributed by atoms with van der Waals surface area (Å²) >= 11 is 13.7. The number of hydrogen-bond donors (Lipinski definition) is 5. The van der Waals surface area contributed by atoms with Gasteiger partial charge < -0.3 is 34.6 Å². The fourth-order valence-electron chi connectivity index (χ4n) is 7.62. The number of aromatic nitrogens is 4. The minimum atomic E-state index is -1.21. The normalized spacial score (nSPS) is 11.9. The largest absolute Gasteiger partial charge is 0.489 e. The number of rotatable bonds is 22. The summed E-state index contributed by atoms with van der Waals surface area (Å²) in [7, 11) is 0. The van der Waals surface area contributed by atoms with E-state index >= 15 is 0 Å². The molecule has 0 unspecified atom stereocenters. The van der Waals surface area contributed by atoms with Gasteiger partial charge in [0, 0.05) is 64.5 Å². The van der Waals surface area contributed by atoms with Crippen LogP contribution in [0, 0.1) is 35.5 Å². The van der Waals surface area contributed by atoms with Gasteiger partial charge in [0.05, 0.1) is 53.5 Å². The number of nitriles is 2. The van der Waals surface area contributed by atoms with Crippen molar-refractivity contribution >= 4 is 46.0 Å². The van der Waals surface area contributed by atoms with E-state index in [1.54, 1.807) is 55.0 Å². The molecule has 69 heavy (non-hydrogen) atoms. The topological polar surface area (TPSA) is 246 Å². The minimum absolute atomic E-state index is 0.0246. The number of ether oxygens (including phenoxy) is 3. The van der Waals surface area contributed by atoms with Crippen LogP contribution in [-0.2, 0) is 48.9 Å². The summed E-state index contributed by atoms with van der Waals surface area (Å²) in [5, 5.41) is 66.1. The molecule has 7 aromatic rings. The van der Waals surface area contributed by atoms with Gasteiger partial charge in [0.2, 0.25) is 0 Å². The van der Waals surface area contributed by atoms with Crippen LogP contribution in [0.4, 0.5) is 0 Å². The van der Waals surface area contributed by atoms with Gasteiger partial charge in [-0.25, -0.2) is 0 Å². The highest BCUT2D eigenvalue weighted by Crippen LogP contribution is 2.37. The molecule has 18 heteroatoms. The van der Waals surface area contributed by atoms with Crippen LogP contribution in [0.15, 0.2) is 104 Å². The van der Waals surface area contributed by atoms with E-state index < -0.39 is 37.1 Å². The maximum absolute atomic E-state index is 11.7. The molecule has 3 aromatic heterocycles. The predicted molar refractivity (Wildman–Crippen MR) is 255 cm³/mol. The van der Waals surface area contributed by atoms with E-state index in [0.29, 0.717) is 61.2 Å². The summed E-state index contributed by atoms with van der Waals surface area (Å²) in [5.74, 6) is -2.15. The van der Waals surface area contributed by atoms with Crippen LogP contribution in [0.5, 0.6) is 17.2 Å². The highest BCUT2D eigenvalue weighted by Gasteiger charge is 2.21. The van der Waals surface area contributed by atoms with Crippen molar-refractivity contribution in [2.24, 2.45) is 5.92 Å². The fraction of sp³-hybridized carbons (Fsp3) is 0.235. The first-order valence-electron chi connectivity index (χ1n) is 21.5. The molecule has 0 spiro atoms. The molecule has 352 valence electrons. The van der Waals surface area contributed by atoms with Gasteiger partial charge in [-0.3, -0.25) is 29.6 Å². The SMILES string of the molecule is Cc1c(COc2cc(OCc3cncc(C#N)c3)c(CC[C@@H](CO)C(=O)O)cc2Cl)cccc1-c1cccc2c1cnn2Cc1cc(OCc2cncc(C#N)c2)c(CN[C@@H](CO)C(=O)O)cc1Cl. The van der Waals surface area contributed by atoms with Crippen molar-refractivity contribution in [1.29, 1.82) is 10.5 Å². The number of pyridine rings is 2. The van der Waals surface area contributed by atoms with Crippen molar-refractivity contribution in [2.75, 3.05) is 13.2 Å². The molecule has 0 radical (unpaired) electrons. The number of carbonyl (C=O) groups is 2. The van der Waals surface area contributed by atoms with Crippen LogP contribution in [0.3, 0.4) is 0 Å². The number of benzene rings is 4. The fourth-order valence-corrected chi connectivity index (χ4v) is 8.11. The molecular formula is C51H45Cl2N7O9. The minimum Gasteiger partial charge on any atom is -0.489 e. The van der Waals surface area contributed by atoms with Crippen LogP contribution < -0.4 is 19.5 Å². The molecule has 0 saturated heterocycles. The molecule has 2 atom stereocenters. The molecule has 4 aromatic carbocycles. The second-order valence-electron chi connectivity index (χ2n) is 16.0. The summed E-state index contributed by atoms with van der Waals surface area (Å²) in [6, 6.07) is 24.9. The van der Waals surface area contributed by atoms with E-state index in [1.165, 1.54) is 12.4 Å². The van der Waals surface area contributed by atoms with E-state index in [1.807, 2.05) is 48.0 Å². The molecule has 0 saturated carbocycles. The Bertz CT molecular complexity index is 3100. The number of aliphatic hydroxyl groups excluding tert-OH is 2. The van der Waals surface area contributed by atoms with Gasteiger partial charge in [0.15, 0.2) is 0 Å². The number of hydrogen-bond acceptors (Lipinski definition) is 13. The summed E-state index contributed by atoms with van der Waals surface area (Å²) in [6.07, 6.45) is 8.25. The van der Waals surface area contributed by atoms with Gasteiger partial charge >= 0.3 is 11.9 Å². The average molecular weight is 971 g/mol. The lowest BCUT2D eigenvalue weighted by molar-refractivity contribution is -0.143. The third-order valence-electron chi connectivity index (χ3n) is 11.5. The number of aliphatic hydroxyl groups is 2. The van der Waals surface area contributed by atoms with Gasteiger partial charge in [-0.1, -0.05) is 53.5 Å². The number of aliphatic carboxylic acids is 2. The zero-order valence-electron chi connectivity index (χ0n) is 37.1. The monoisotopic (exact) mass is 969 g/mol. The highest BCUT2D eigenvalue weighted by molar-refractivity contribution is 6.32. The number of carboxylic acid groups (broad SMARTS) is 2. The molecule has 0 aliphatic carbocycles. The molecule has 7 rings (SSSR count). The van der Waals surface area contributed by atoms with E-state index in [4.69, 9.17) is 42.5 Å². The lowest BCUT2D eigenvalue weighted by atomic mass is 9.94. The summed E-state index contributed by atoms with van der Waals surface area (Å²) in [6.45, 7) is 1.40. The molecule has 0 fully saturated rings. The Hall–Kier alpha value is -7.57. The summed E-state index contributed by atoms with van der Waals surface area (Å²) in [5.41, 5.74) is 8.41. The maximum Gasteiger partial charge on any atom is 0.323 e. The first-order valence-corrected chi connectivity index (χ1v) is 22.3. The molecule has 0 aliphatic heterocycles. The zero-order chi connectivity index (χ0) is 49.0. The maximum atomic E-state index is 11.7. The predicted octanol–water partition coefficient (Wildman–Crippen LogP) is 7.80. The van der Waals surface area contributed by atoms with E-state index in [2.05, 4.69) is 27.4 Å². The van der Waals surface area contributed by atoms with E-state index in [0.717, 1.165) is 33.2 Å². The zero-order valence-corrected chi connectivity index (χ0v) is 38.6. The van der Waals surface area contributed by atoms with Crippen LogP contribution >= 0.6 is 23.2 Å². The summed E-state index contributed by atoms with van der Waals surface area (Å²) in [4.78, 5) is 31.5. The lowest BCUT2D eigenvalue weighted by Gasteiger charge is -2.18. The second-order valence-corrected chi connectivity index (χ2v) is 16.9. The number of halogens is 2.